The van der Waals surface area contributed by atoms with Gasteiger partial charge in [0.15, 0.2) is 0 Å². The van der Waals surface area contributed by atoms with E-state index >= 15 is 0 Å². The number of para-hydroxylation sites is 1. The second kappa shape index (κ2) is 8.64. The predicted molar refractivity (Wildman–Crippen MR) is 101 cm³/mol. The van der Waals surface area contributed by atoms with Gasteiger partial charge in [0.25, 0.3) is 0 Å². The summed E-state index contributed by atoms with van der Waals surface area (Å²) < 4.78 is 0.958. The van der Waals surface area contributed by atoms with Crippen molar-refractivity contribution in [3.05, 3.63) is 58.6 Å². The zero-order valence-electron chi connectivity index (χ0n) is 13.9. The van der Waals surface area contributed by atoms with Gasteiger partial charge in [0.05, 0.1) is 0 Å². The normalized spacial score (nSPS) is 10.3. The minimum Gasteiger partial charge on any atom is -0.326 e. The van der Waals surface area contributed by atoms with Crippen LogP contribution >= 0.6 is 15.9 Å². The highest BCUT2D eigenvalue weighted by atomic mass is 79.9. The Balaban J connectivity index is 1.77. The van der Waals surface area contributed by atoms with E-state index in [9.17, 15) is 9.59 Å². The van der Waals surface area contributed by atoms with E-state index in [4.69, 9.17) is 0 Å². The van der Waals surface area contributed by atoms with Crippen LogP contribution in [0.4, 0.5) is 11.4 Å². The monoisotopic (exact) mass is 388 g/mol. The molecular weight excluding hydrogens is 368 g/mol. The number of halogens is 1. The lowest BCUT2D eigenvalue weighted by molar-refractivity contribution is -0.118. The Morgan fingerprint density at radius 2 is 1.79 bits per heavy atom. The topological polar surface area (TPSA) is 49.4 Å². The molecule has 0 bridgehead atoms. The van der Waals surface area contributed by atoms with Crippen LogP contribution in [0, 0.1) is 6.92 Å². The van der Waals surface area contributed by atoms with E-state index in [0.717, 1.165) is 21.4 Å². The third-order valence-electron chi connectivity index (χ3n) is 3.77. The number of amides is 2. The predicted octanol–water partition coefficient (Wildman–Crippen LogP) is 4.53. The number of rotatable bonds is 6. The van der Waals surface area contributed by atoms with E-state index in [1.807, 2.05) is 55.5 Å². The maximum Gasteiger partial charge on any atom is 0.226 e. The van der Waals surface area contributed by atoms with Crippen LogP contribution in [-0.4, -0.2) is 18.9 Å². The number of anilines is 2. The number of nitrogens with zero attached hydrogens (tertiary/aromatic N) is 1. The molecule has 2 aromatic rings. The van der Waals surface area contributed by atoms with Crippen molar-refractivity contribution < 1.29 is 9.59 Å². The molecule has 0 aromatic heterocycles. The van der Waals surface area contributed by atoms with Crippen molar-refractivity contribution in [2.45, 2.75) is 26.2 Å². The molecule has 2 aromatic carbocycles. The lowest BCUT2D eigenvalue weighted by atomic mass is 10.2. The van der Waals surface area contributed by atoms with Crippen LogP contribution in [0.25, 0.3) is 0 Å². The van der Waals surface area contributed by atoms with Crippen molar-refractivity contribution in [1.82, 2.24) is 0 Å². The standard InChI is InChI=1S/C19H21BrN2O2/c1-14-11-12-15(13-17(14)20)21-18(23)9-6-10-19(24)22(2)16-7-4-3-5-8-16/h3-5,7-8,11-13H,6,9-10H2,1-2H3,(H,21,23). The van der Waals surface area contributed by atoms with Crippen LogP contribution in [0.3, 0.4) is 0 Å². The molecule has 0 saturated carbocycles. The maximum atomic E-state index is 12.2. The van der Waals surface area contributed by atoms with E-state index in [-0.39, 0.29) is 11.8 Å². The average Bonchev–Trinajstić information content (AvgIpc) is 2.58. The van der Waals surface area contributed by atoms with Gasteiger partial charge in [-0.1, -0.05) is 40.2 Å². The molecular formula is C19H21BrN2O2. The highest BCUT2D eigenvalue weighted by Crippen LogP contribution is 2.21. The van der Waals surface area contributed by atoms with Crippen LogP contribution in [0.2, 0.25) is 0 Å². The summed E-state index contributed by atoms with van der Waals surface area (Å²) in [6, 6.07) is 15.2. The first kappa shape index (κ1) is 18.2. The highest BCUT2D eigenvalue weighted by molar-refractivity contribution is 9.10. The van der Waals surface area contributed by atoms with Gasteiger partial charge in [0.1, 0.15) is 0 Å². The minimum atomic E-state index is -0.0825. The summed E-state index contributed by atoms with van der Waals surface area (Å²) in [6.07, 6.45) is 1.19. The zero-order valence-corrected chi connectivity index (χ0v) is 15.5. The Morgan fingerprint density at radius 1 is 1.08 bits per heavy atom. The minimum absolute atomic E-state index is 0.00656. The number of hydrogen-bond acceptors (Lipinski definition) is 2. The van der Waals surface area contributed by atoms with Gasteiger partial charge < -0.3 is 10.2 Å². The van der Waals surface area contributed by atoms with Gasteiger partial charge in [-0.15, -0.1) is 0 Å². The molecule has 0 spiro atoms. The molecule has 0 unspecified atom stereocenters. The number of hydrogen-bond donors (Lipinski definition) is 1. The molecule has 24 heavy (non-hydrogen) atoms. The summed E-state index contributed by atoms with van der Waals surface area (Å²) in [4.78, 5) is 25.8. The SMILES string of the molecule is Cc1ccc(NC(=O)CCCC(=O)N(C)c2ccccc2)cc1Br. The van der Waals surface area contributed by atoms with Crippen molar-refractivity contribution in [2.75, 3.05) is 17.3 Å². The fraction of sp³-hybridized carbons (Fsp3) is 0.263. The van der Waals surface area contributed by atoms with Crippen LogP contribution in [0.1, 0.15) is 24.8 Å². The number of nitrogens with one attached hydrogen (secondary N) is 1. The summed E-state index contributed by atoms with van der Waals surface area (Å²) in [7, 11) is 1.75. The molecule has 2 rings (SSSR count). The molecule has 126 valence electrons. The Hall–Kier alpha value is -2.14. The Kier molecular flexibility index (Phi) is 6.55. The lowest BCUT2D eigenvalue weighted by Crippen LogP contribution is -2.26. The van der Waals surface area contributed by atoms with Crippen molar-refractivity contribution in [1.29, 1.82) is 0 Å². The summed E-state index contributed by atoms with van der Waals surface area (Å²) in [6.45, 7) is 1.99. The highest BCUT2D eigenvalue weighted by Gasteiger charge is 2.11. The van der Waals surface area contributed by atoms with Gasteiger partial charge in [-0.05, 0) is 43.2 Å². The fourth-order valence-corrected chi connectivity index (χ4v) is 2.64. The van der Waals surface area contributed by atoms with Crippen LogP contribution in [0.5, 0.6) is 0 Å². The van der Waals surface area contributed by atoms with Crippen LogP contribution in [0.15, 0.2) is 53.0 Å². The zero-order chi connectivity index (χ0) is 17.5. The van der Waals surface area contributed by atoms with Crippen LogP contribution in [-0.2, 0) is 9.59 Å². The van der Waals surface area contributed by atoms with Crippen molar-refractivity contribution in [3.8, 4) is 0 Å². The van der Waals surface area contributed by atoms with Gasteiger partial charge in [-0.2, -0.15) is 0 Å². The smallest absolute Gasteiger partial charge is 0.226 e. The van der Waals surface area contributed by atoms with Crippen molar-refractivity contribution in [2.24, 2.45) is 0 Å². The summed E-state index contributed by atoms with van der Waals surface area (Å²) in [5, 5.41) is 2.85. The Labute approximate surface area is 151 Å². The Bertz CT molecular complexity index is 717. The summed E-state index contributed by atoms with van der Waals surface area (Å²) in [5.74, 6) is -0.0759. The molecule has 0 aliphatic heterocycles. The molecule has 5 heteroatoms. The third-order valence-corrected chi connectivity index (χ3v) is 4.62. The van der Waals surface area contributed by atoms with Gasteiger partial charge in [0.2, 0.25) is 11.8 Å². The third kappa shape index (κ3) is 5.20. The number of aryl methyl sites for hydroxylation is 1. The van der Waals surface area contributed by atoms with Crippen LogP contribution < -0.4 is 10.2 Å². The van der Waals surface area contributed by atoms with Gasteiger partial charge in [-0.3, -0.25) is 9.59 Å². The molecule has 4 nitrogen and oxygen atoms in total. The summed E-state index contributed by atoms with van der Waals surface area (Å²) in [5.41, 5.74) is 2.73. The van der Waals surface area contributed by atoms with E-state index in [0.29, 0.717) is 19.3 Å². The first-order chi connectivity index (χ1) is 11.5. The van der Waals surface area contributed by atoms with E-state index in [2.05, 4.69) is 21.2 Å². The number of carbonyl (C=O) groups is 2. The quantitative estimate of drug-likeness (QED) is 0.789. The molecule has 0 heterocycles. The molecule has 0 aliphatic carbocycles. The molecule has 0 saturated heterocycles. The number of carbonyl (C=O) groups excluding carboxylic acids is 2. The number of benzene rings is 2. The van der Waals surface area contributed by atoms with Gasteiger partial charge in [-0.25, -0.2) is 0 Å². The molecule has 0 radical (unpaired) electrons. The lowest BCUT2D eigenvalue weighted by Gasteiger charge is -2.17. The molecule has 0 atom stereocenters. The second-order valence-electron chi connectivity index (χ2n) is 5.65. The molecule has 0 aliphatic rings. The van der Waals surface area contributed by atoms with E-state index in [1.54, 1.807) is 11.9 Å². The maximum absolute atomic E-state index is 12.2. The first-order valence-corrected chi connectivity index (χ1v) is 8.64. The molecule has 1 N–H and O–H groups in total. The van der Waals surface area contributed by atoms with E-state index < -0.39 is 0 Å². The van der Waals surface area contributed by atoms with E-state index in [1.165, 1.54) is 0 Å². The first-order valence-electron chi connectivity index (χ1n) is 7.85. The largest absolute Gasteiger partial charge is 0.326 e. The molecule has 0 fully saturated rings. The van der Waals surface area contributed by atoms with Crippen molar-refractivity contribution in [3.63, 3.8) is 0 Å². The van der Waals surface area contributed by atoms with Gasteiger partial charge in [0, 0.05) is 35.7 Å². The van der Waals surface area contributed by atoms with Crippen molar-refractivity contribution >= 4 is 39.1 Å². The Morgan fingerprint density at radius 3 is 2.46 bits per heavy atom. The second-order valence-corrected chi connectivity index (χ2v) is 6.51. The van der Waals surface area contributed by atoms with Gasteiger partial charge >= 0.3 is 0 Å². The fourth-order valence-electron chi connectivity index (χ4n) is 2.26. The molecule has 2 amide bonds. The summed E-state index contributed by atoms with van der Waals surface area (Å²) >= 11 is 3.44. The average molecular weight is 389 g/mol.